The maximum absolute atomic E-state index is 4.35. The van der Waals surface area contributed by atoms with Crippen LogP contribution in [0.2, 0.25) is 0 Å². The lowest BCUT2D eigenvalue weighted by molar-refractivity contribution is 0.156. The van der Waals surface area contributed by atoms with Gasteiger partial charge < -0.3 is 5.32 Å². The Hall–Kier alpha value is -2.27. The van der Waals surface area contributed by atoms with Gasteiger partial charge in [0.25, 0.3) is 0 Å². The number of hydrogen-bond acceptors (Lipinski definition) is 4. The first-order valence-electron chi connectivity index (χ1n) is 7.18. The number of nitrogens with one attached hydrogen (secondary N) is 1. The quantitative estimate of drug-likeness (QED) is 0.797. The standard InChI is InChI=1S/C16H17N5/c1-16(9-18-10-16)11-21-8-15(19-20-21)14-4-2-3-12-7-17-6-5-13(12)14/h2-8,18H,9-11H2,1H3. The fraction of sp³-hybridized carbons (Fsp3) is 0.312. The van der Waals surface area contributed by atoms with Gasteiger partial charge in [0.05, 0.1) is 12.7 Å². The van der Waals surface area contributed by atoms with Crippen molar-refractivity contribution in [1.29, 1.82) is 0 Å². The summed E-state index contributed by atoms with van der Waals surface area (Å²) in [6.45, 7) is 5.26. The molecule has 3 aromatic rings. The van der Waals surface area contributed by atoms with Crippen LogP contribution >= 0.6 is 0 Å². The molecule has 1 fully saturated rings. The van der Waals surface area contributed by atoms with Crippen molar-refractivity contribution in [3.8, 4) is 11.3 Å². The van der Waals surface area contributed by atoms with Crippen LogP contribution in [-0.4, -0.2) is 33.1 Å². The molecule has 0 amide bonds. The molecule has 0 unspecified atom stereocenters. The zero-order valence-corrected chi connectivity index (χ0v) is 12.0. The Morgan fingerprint density at radius 1 is 1.29 bits per heavy atom. The highest BCUT2D eigenvalue weighted by Crippen LogP contribution is 2.28. The van der Waals surface area contributed by atoms with Crippen LogP contribution in [0.3, 0.4) is 0 Å². The summed E-state index contributed by atoms with van der Waals surface area (Å²) in [4.78, 5) is 4.17. The van der Waals surface area contributed by atoms with Crippen LogP contribution in [0.15, 0.2) is 42.9 Å². The summed E-state index contributed by atoms with van der Waals surface area (Å²) in [5.41, 5.74) is 2.33. The van der Waals surface area contributed by atoms with Crippen molar-refractivity contribution in [2.24, 2.45) is 5.41 Å². The summed E-state index contributed by atoms with van der Waals surface area (Å²) in [7, 11) is 0. The zero-order chi connectivity index (χ0) is 14.3. The average Bonchev–Trinajstić information content (AvgIpc) is 2.93. The van der Waals surface area contributed by atoms with E-state index in [2.05, 4.69) is 39.7 Å². The van der Waals surface area contributed by atoms with Crippen molar-refractivity contribution in [3.63, 3.8) is 0 Å². The number of pyridine rings is 1. The van der Waals surface area contributed by atoms with E-state index in [1.807, 2.05) is 35.4 Å². The van der Waals surface area contributed by atoms with E-state index < -0.39 is 0 Å². The summed E-state index contributed by atoms with van der Waals surface area (Å²) < 4.78 is 1.95. The molecule has 21 heavy (non-hydrogen) atoms. The number of fused-ring (bicyclic) bond motifs is 1. The van der Waals surface area contributed by atoms with Gasteiger partial charge in [-0.1, -0.05) is 30.3 Å². The zero-order valence-electron chi connectivity index (χ0n) is 12.0. The molecular weight excluding hydrogens is 262 g/mol. The van der Waals surface area contributed by atoms with Gasteiger partial charge in [0.15, 0.2) is 0 Å². The summed E-state index contributed by atoms with van der Waals surface area (Å²) in [5, 5.41) is 14.2. The van der Waals surface area contributed by atoms with Crippen molar-refractivity contribution in [1.82, 2.24) is 25.3 Å². The van der Waals surface area contributed by atoms with Crippen LogP contribution in [0.5, 0.6) is 0 Å². The van der Waals surface area contributed by atoms with Crippen LogP contribution in [0, 0.1) is 5.41 Å². The van der Waals surface area contributed by atoms with Crippen LogP contribution in [0.1, 0.15) is 6.92 Å². The third kappa shape index (κ3) is 2.19. The molecule has 0 aliphatic carbocycles. The summed E-state index contributed by atoms with van der Waals surface area (Å²) in [6, 6.07) is 8.22. The Bertz CT molecular complexity index is 783. The summed E-state index contributed by atoms with van der Waals surface area (Å²) >= 11 is 0. The molecule has 2 aromatic heterocycles. The molecule has 1 N–H and O–H groups in total. The maximum Gasteiger partial charge on any atom is 0.113 e. The number of hydrogen-bond donors (Lipinski definition) is 1. The highest BCUT2D eigenvalue weighted by molar-refractivity contribution is 5.94. The Kier molecular flexibility index (Phi) is 2.75. The first-order chi connectivity index (χ1) is 10.2. The van der Waals surface area contributed by atoms with Crippen molar-refractivity contribution in [3.05, 3.63) is 42.9 Å². The molecule has 0 spiro atoms. The van der Waals surface area contributed by atoms with Crippen LogP contribution in [0.4, 0.5) is 0 Å². The Morgan fingerprint density at radius 3 is 3.00 bits per heavy atom. The van der Waals surface area contributed by atoms with Gasteiger partial charge in [-0.3, -0.25) is 9.67 Å². The van der Waals surface area contributed by atoms with Crippen molar-refractivity contribution < 1.29 is 0 Å². The maximum atomic E-state index is 4.35. The van der Waals surface area contributed by atoms with Gasteiger partial charge in [0, 0.05) is 41.8 Å². The molecule has 0 bridgehead atoms. The lowest BCUT2D eigenvalue weighted by Crippen LogP contribution is -2.53. The molecule has 4 rings (SSSR count). The number of benzene rings is 1. The van der Waals surface area contributed by atoms with Gasteiger partial charge >= 0.3 is 0 Å². The molecule has 5 nitrogen and oxygen atoms in total. The predicted molar refractivity (Wildman–Crippen MR) is 81.7 cm³/mol. The summed E-state index contributed by atoms with van der Waals surface area (Å²) in [5.74, 6) is 0. The first kappa shape index (κ1) is 12.5. The Morgan fingerprint density at radius 2 is 2.19 bits per heavy atom. The van der Waals surface area contributed by atoms with Crippen LogP contribution in [0.25, 0.3) is 22.0 Å². The largest absolute Gasteiger partial charge is 0.315 e. The van der Waals surface area contributed by atoms with E-state index in [0.29, 0.717) is 5.41 Å². The minimum atomic E-state index is 0.299. The molecule has 1 aromatic carbocycles. The van der Waals surface area contributed by atoms with Crippen LogP contribution < -0.4 is 5.32 Å². The van der Waals surface area contributed by atoms with E-state index in [1.54, 1.807) is 0 Å². The van der Waals surface area contributed by atoms with E-state index in [4.69, 9.17) is 0 Å². The molecule has 0 radical (unpaired) electrons. The average molecular weight is 279 g/mol. The second-order valence-electron chi connectivity index (χ2n) is 6.12. The fourth-order valence-electron chi connectivity index (χ4n) is 2.90. The lowest BCUT2D eigenvalue weighted by Gasteiger charge is -2.38. The van der Waals surface area contributed by atoms with Gasteiger partial charge in [0.2, 0.25) is 0 Å². The van der Waals surface area contributed by atoms with Gasteiger partial charge in [0.1, 0.15) is 5.69 Å². The number of rotatable bonds is 3. The molecule has 5 heteroatoms. The molecule has 106 valence electrons. The highest BCUT2D eigenvalue weighted by Gasteiger charge is 2.32. The van der Waals surface area contributed by atoms with E-state index in [1.165, 1.54) is 0 Å². The van der Waals surface area contributed by atoms with E-state index in [-0.39, 0.29) is 0 Å². The third-order valence-corrected chi connectivity index (χ3v) is 4.14. The predicted octanol–water partition coefficient (Wildman–Crippen LogP) is 2.10. The Balaban J connectivity index is 1.71. The minimum Gasteiger partial charge on any atom is -0.315 e. The molecule has 3 heterocycles. The van der Waals surface area contributed by atoms with E-state index in [0.717, 1.165) is 41.7 Å². The second kappa shape index (κ2) is 4.63. The van der Waals surface area contributed by atoms with Crippen molar-refractivity contribution >= 4 is 10.8 Å². The highest BCUT2D eigenvalue weighted by atomic mass is 15.4. The topological polar surface area (TPSA) is 55.6 Å². The lowest BCUT2D eigenvalue weighted by atomic mass is 9.84. The van der Waals surface area contributed by atoms with Gasteiger partial charge in [-0.25, -0.2) is 0 Å². The molecule has 0 atom stereocenters. The normalized spacial score (nSPS) is 16.8. The smallest absolute Gasteiger partial charge is 0.113 e. The molecule has 1 saturated heterocycles. The van der Waals surface area contributed by atoms with Gasteiger partial charge in [-0.2, -0.15) is 0 Å². The van der Waals surface area contributed by atoms with Crippen molar-refractivity contribution in [2.75, 3.05) is 13.1 Å². The van der Waals surface area contributed by atoms with Crippen molar-refractivity contribution in [2.45, 2.75) is 13.5 Å². The molecule has 1 aliphatic heterocycles. The SMILES string of the molecule is CC1(Cn2cc(-c3cccc4cnccc34)nn2)CNC1. The molecular formula is C16H17N5. The number of aromatic nitrogens is 4. The van der Waals surface area contributed by atoms with E-state index in [9.17, 15) is 0 Å². The summed E-state index contributed by atoms with van der Waals surface area (Å²) in [6.07, 6.45) is 5.74. The second-order valence-corrected chi connectivity index (χ2v) is 6.12. The van der Waals surface area contributed by atoms with Gasteiger partial charge in [-0.05, 0) is 11.5 Å². The van der Waals surface area contributed by atoms with E-state index >= 15 is 0 Å². The molecule has 0 saturated carbocycles. The van der Waals surface area contributed by atoms with Crippen LogP contribution in [-0.2, 0) is 6.54 Å². The number of nitrogens with zero attached hydrogens (tertiary/aromatic N) is 4. The van der Waals surface area contributed by atoms with Gasteiger partial charge in [-0.15, -0.1) is 5.10 Å². The minimum absolute atomic E-state index is 0.299. The fourth-order valence-corrected chi connectivity index (χ4v) is 2.90. The first-order valence-corrected chi connectivity index (χ1v) is 7.18. The third-order valence-electron chi connectivity index (χ3n) is 4.14. The molecule has 1 aliphatic rings. The Labute approximate surface area is 123 Å². The monoisotopic (exact) mass is 279 g/mol.